The Bertz CT molecular complexity index is 751. The highest BCUT2D eigenvalue weighted by molar-refractivity contribution is 5.77. The van der Waals surface area contributed by atoms with E-state index in [9.17, 15) is 4.79 Å². The van der Waals surface area contributed by atoms with Crippen molar-refractivity contribution < 1.29 is 28.5 Å². The van der Waals surface area contributed by atoms with Crippen molar-refractivity contribution in [3.05, 3.63) is 54.6 Å². The number of carbonyl (C=O) groups excluding carboxylic acids is 1. The highest BCUT2D eigenvalue weighted by atomic mass is 16.7. The van der Waals surface area contributed by atoms with Crippen LogP contribution in [0.1, 0.15) is 26.2 Å². The van der Waals surface area contributed by atoms with E-state index in [1.807, 2.05) is 54.6 Å². The Morgan fingerprint density at radius 3 is 2.24 bits per heavy atom. The third-order valence-electron chi connectivity index (χ3n) is 4.82. The predicted octanol–water partition coefficient (Wildman–Crippen LogP) is 4.58. The largest absolute Gasteiger partial charge is 0.494 e. The molecule has 29 heavy (non-hydrogen) atoms. The highest BCUT2D eigenvalue weighted by Crippen LogP contribution is 2.26. The summed E-state index contributed by atoms with van der Waals surface area (Å²) < 4.78 is 27.4. The lowest BCUT2D eigenvalue weighted by atomic mass is 10.0. The average molecular weight is 400 g/mol. The second-order valence-corrected chi connectivity index (χ2v) is 7.16. The summed E-state index contributed by atoms with van der Waals surface area (Å²) in [6.07, 6.45) is 2.90. The summed E-state index contributed by atoms with van der Waals surface area (Å²) in [5, 5.41) is 0. The van der Waals surface area contributed by atoms with E-state index in [1.54, 1.807) is 6.92 Å². The lowest BCUT2D eigenvalue weighted by Crippen LogP contribution is -2.48. The Kier molecular flexibility index (Phi) is 7.49. The minimum absolute atomic E-state index is 0.280. The topological polar surface area (TPSA) is 63.2 Å². The quantitative estimate of drug-likeness (QED) is 0.453. The molecule has 156 valence electrons. The molecule has 1 aliphatic rings. The van der Waals surface area contributed by atoms with Gasteiger partial charge >= 0.3 is 5.97 Å². The molecule has 0 spiro atoms. The van der Waals surface area contributed by atoms with Gasteiger partial charge in [0, 0.05) is 12.8 Å². The van der Waals surface area contributed by atoms with E-state index >= 15 is 0 Å². The van der Waals surface area contributed by atoms with Crippen LogP contribution in [-0.4, -0.2) is 38.7 Å². The molecule has 0 aromatic heterocycles. The van der Waals surface area contributed by atoms with Gasteiger partial charge in [0.2, 0.25) is 0 Å². The minimum atomic E-state index is -1.27. The molecular weight excluding hydrogens is 372 g/mol. The molecule has 6 heteroatoms. The number of para-hydroxylation sites is 1. The zero-order valence-electron chi connectivity index (χ0n) is 17.0. The van der Waals surface area contributed by atoms with Crippen LogP contribution in [-0.2, 0) is 19.0 Å². The van der Waals surface area contributed by atoms with Gasteiger partial charge in [-0.15, -0.1) is 0 Å². The van der Waals surface area contributed by atoms with Crippen molar-refractivity contribution in [1.29, 1.82) is 0 Å². The number of hydrogen-bond acceptors (Lipinski definition) is 6. The van der Waals surface area contributed by atoms with Crippen LogP contribution >= 0.6 is 0 Å². The fourth-order valence-electron chi connectivity index (χ4n) is 3.07. The monoisotopic (exact) mass is 400 g/mol. The van der Waals surface area contributed by atoms with Gasteiger partial charge in [0.25, 0.3) is 5.79 Å². The summed E-state index contributed by atoms with van der Waals surface area (Å²) in [6, 6.07) is 17.3. The summed E-state index contributed by atoms with van der Waals surface area (Å²) >= 11 is 0. The number of rotatable bonds is 9. The molecule has 0 unspecified atom stereocenters. The number of carbonyl (C=O) groups is 1. The van der Waals surface area contributed by atoms with Crippen molar-refractivity contribution in [2.45, 2.75) is 32.0 Å². The summed E-state index contributed by atoms with van der Waals surface area (Å²) in [7, 11) is 1.33. The van der Waals surface area contributed by atoms with Crippen molar-refractivity contribution in [1.82, 2.24) is 0 Å². The third kappa shape index (κ3) is 6.21. The SMILES string of the molecule is COC(=O)C1(C)OCC(CCCCOc2ccc(Oc3ccccc3)cc2)CO1. The maximum atomic E-state index is 11.6. The van der Waals surface area contributed by atoms with E-state index in [4.69, 9.17) is 23.7 Å². The zero-order chi connectivity index (χ0) is 20.5. The second-order valence-electron chi connectivity index (χ2n) is 7.16. The van der Waals surface area contributed by atoms with Crippen molar-refractivity contribution in [2.24, 2.45) is 5.92 Å². The van der Waals surface area contributed by atoms with Crippen molar-refractivity contribution in [3.8, 4) is 17.2 Å². The summed E-state index contributed by atoms with van der Waals surface area (Å²) in [5.74, 6) is 0.920. The first-order valence-electron chi connectivity index (χ1n) is 9.91. The Morgan fingerprint density at radius 1 is 0.966 bits per heavy atom. The molecule has 0 amide bonds. The van der Waals surface area contributed by atoms with E-state index in [0.29, 0.717) is 19.8 Å². The van der Waals surface area contributed by atoms with Gasteiger partial charge < -0.3 is 23.7 Å². The standard InChI is InChI=1S/C23H28O6/c1-23(22(24)25-2)27-16-18(17-28-23)8-6-7-15-26-19-11-13-21(14-12-19)29-20-9-4-3-5-10-20/h3-5,9-14,18H,6-8,15-17H2,1-2H3. The molecule has 3 rings (SSSR count). The van der Waals surface area contributed by atoms with Crippen molar-refractivity contribution in [3.63, 3.8) is 0 Å². The molecule has 0 bridgehead atoms. The van der Waals surface area contributed by atoms with Gasteiger partial charge in [-0.2, -0.15) is 0 Å². The third-order valence-corrected chi connectivity index (χ3v) is 4.82. The van der Waals surface area contributed by atoms with Gasteiger partial charge in [0.15, 0.2) is 0 Å². The fraction of sp³-hybridized carbons (Fsp3) is 0.435. The number of unbranched alkanes of at least 4 members (excludes halogenated alkanes) is 1. The Balaban J connectivity index is 1.31. The molecule has 0 saturated carbocycles. The first kappa shape index (κ1) is 21.1. The maximum absolute atomic E-state index is 11.6. The van der Waals surface area contributed by atoms with Crippen LogP contribution in [0.5, 0.6) is 17.2 Å². The molecule has 6 nitrogen and oxygen atoms in total. The number of benzene rings is 2. The van der Waals surface area contributed by atoms with Gasteiger partial charge in [-0.1, -0.05) is 18.2 Å². The van der Waals surface area contributed by atoms with Crippen LogP contribution in [0.15, 0.2) is 54.6 Å². The van der Waals surface area contributed by atoms with Crippen molar-refractivity contribution >= 4 is 5.97 Å². The molecular formula is C23H28O6. The fourth-order valence-corrected chi connectivity index (χ4v) is 3.07. The molecule has 1 saturated heterocycles. The molecule has 0 radical (unpaired) electrons. The number of ether oxygens (including phenoxy) is 5. The summed E-state index contributed by atoms with van der Waals surface area (Å²) in [4.78, 5) is 11.6. The van der Waals surface area contributed by atoms with E-state index < -0.39 is 11.8 Å². The van der Waals surface area contributed by atoms with Gasteiger partial charge in [-0.05, 0) is 55.7 Å². The van der Waals surface area contributed by atoms with Crippen LogP contribution in [0, 0.1) is 5.92 Å². The van der Waals surface area contributed by atoms with Gasteiger partial charge in [-0.25, -0.2) is 4.79 Å². The molecule has 0 aliphatic carbocycles. The Labute approximate surface area is 171 Å². The summed E-state index contributed by atoms with van der Waals surface area (Å²) in [6.45, 7) is 3.23. The molecule has 0 atom stereocenters. The van der Waals surface area contributed by atoms with Crippen LogP contribution in [0.4, 0.5) is 0 Å². The average Bonchev–Trinajstić information content (AvgIpc) is 2.76. The van der Waals surface area contributed by atoms with E-state index in [2.05, 4.69) is 0 Å². The minimum Gasteiger partial charge on any atom is -0.494 e. The lowest BCUT2D eigenvalue weighted by molar-refractivity contribution is -0.272. The normalized spacial score (nSPS) is 21.4. The smallest absolute Gasteiger partial charge is 0.366 e. The molecule has 1 fully saturated rings. The van der Waals surface area contributed by atoms with Crippen LogP contribution in [0.25, 0.3) is 0 Å². The molecule has 1 heterocycles. The lowest BCUT2D eigenvalue weighted by Gasteiger charge is -2.35. The van der Waals surface area contributed by atoms with Crippen LogP contribution in [0.2, 0.25) is 0 Å². The molecule has 0 N–H and O–H groups in total. The van der Waals surface area contributed by atoms with Gasteiger partial charge in [-0.3, -0.25) is 0 Å². The summed E-state index contributed by atoms with van der Waals surface area (Å²) in [5.41, 5.74) is 0. The second kappa shape index (κ2) is 10.3. The van der Waals surface area contributed by atoms with E-state index in [-0.39, 0.29) is 5.92 Å². The van der Waals surface area contributed by atoms with Crippen LogP contribution < -0.4 is 9.47 Å². The Morgan fingerprint density at radius 2 is 1.59 bits per heavy atom. The first-order valence-corrected chi connectivity index (χ1v) is 9.91. The Hall–Kier alpha value is -2.57. The first-order chi connectivity index (χ1) is 14.1. The van der Waals surface area contributed by atoms with E-state index in [0.717, 1.165) is 36.5 Å². The highest BCUT2D eigenvalue weighted by Gasteiger charge is 2.41. The predicted molar refractivity (Wildman–Crippen MR) is 108 cm³/mol. The molecule has 2 aromatic carbocycles. The molecule has 2 aromatic rings. The number of hydrogen-bond donors (Lipinski definition) is 0. The van der Waals surface area contributed by atoms with Crippen molar-refractivity contribution in [2.75, 3.05) is 26.9 Å². The molecule has 1 aliphatic heterocycles. The van der Waals surface area contributed by atoms with Gasteiger partial charge in [0.1, 0.15) is 17.2 Å². The van der Waals surface area contributed by atoms with Crippen LogP contribution in [0.3, 0.4) is 0 Å². The number of methoxy groups -OCH3 is 1. The zero-order valence-corrected chi connectivity index (χ0v) is 17.0. The van der Waals surface area contributed by atoms with E-state index in [1.165, 1.54) is 7.11 Å². The maximum Gasteiger partial charge on any atom is 0.366 e. The number of esters is 1. The van der Waals surface area contributed by atoms with Gasteiger partial charge in [0.05, 0.1) is 26.9 Å².